The van der Waals surface area contributed by atoms with Gasteiger partial charge in [-0.25, -0.2) is 9.78 Å². The predicted octanol–water partition coefficient (Wildman–Crippen LogP) is 5.06. The molecule has 8 heteroatoms. The van der Waals surface area contributed by atoms with Crippen LogP contribution in [0.4, 0.5) is 15.6 Å². The van der Waals surface area contributed by atoms with Gasteiger partial charge in [-0.3, -0.25) is 10.1 Å². The fourth-order valence-electron chi connectivity index (χ4n) is 3.16. The minimum absolute atomic E-state index is 0.123. The molecule has 0 atom stereocenters. The quantitative estimate of drug-likeness (QED) is 0.648. The van der Waals surface area contributed by atoms with Gasteiger partial charge in [0.1, 0.15) is 4.88 Å². The maximum absolute atomic E-state index is 12.4. The third-order valence-corrected chi connectivity index (χ3v) is 5.93. The monoisotopic (exact) mass is 406 g/mol. The number of amides is 3. The molecule has 1 aliphatic carbocycles. The normalized spacial score (nSPS) is 14.6. The number of halogens is 1. The van der Waals surface area contributed by atoms with E-state index in [9.17, 15) is 9.59 Å². The van der Waals surface area contributed by atoms with Crippen LogP contribution < -0.4 is 16.0 Å². The Labute approximate surface area is 167 Å². The molecule has 0 bridgehead atoms. The summed E-state index contributed by atoms with van der Waals surface area (Å²) in [7, 11) is 0. The maximum atomic E-state index is 12.4. The highest BCUT2D eigenvalue weighted by molar-refractivity contribution is 7.17. The largest absolute Gasteiger partial charge is 0.351 e. The van der Waals surface area contributed by atoms with Crippen LogP contribution >= 0.6 is 22.9 Å². The Morgan fingerprint density at radius 2 is 1.85 bits per heavy atom. The molecule has 1 aliphatic rings. The number of thiazole rings is 1. The second-order valence-electron chi connectivity index (χ2n) is 6.73. The van der Waals surface area contributed by atoms with Crippen LogP contribution in [0.2, 0.25) is 5.02 Å². The number of nitrogens with one attached hydrogen (secondary N) is 3. The first kappa shape index (κ1) is 19.6. The average molecular weight is 407 g/mol. The van der Waals surface area contributed by atoms with Crippen molar-refractivity contribution >= 4 is 45.7 Å². The van der Waals surface area contributed by atoms with Crippen LogP contribution in [-0.2, 0) is 0 Å². The summed E-state index contributed by atoms with van der Waals surface area (Å²) >= 11 is 7.01. The summed E-state index contributed by atoms with van der Waals surface area (Å²) in [4.78, 5) is 29.4. The van der Waals surface area contributed by atoms with Crippen molar-refractivity contribution in [2.45, 2.75) is 39.0 Å². The van der Waals surface area contributed by atoms with Crippen molar-refractivity contribution in [3.05, 3.63) is 39.9 Å². The number of hydrogen-bond donors (Lipinski definition) is 3. The zero-order valence-electron chi connectivity index (χ0n) is 15.2. The van der Waals surface area contributed by atoms with E-state index in [4.69, 9.17) is 11.6 Å². The number of nitrogens with zero attached hydrogens (tertiary/aromatic N) is 1. The summed E-state index contributed by atoms with van der Waals surface area (Å²) < 4.78 is 0. The highest BCUT2D eigenvalue weighted by Crippen LogP contribution is 2.25. The molecule has 27 heavy (non-hydrogen) atoms. The minimum atomic E-state index is -0.416. The van der Waals surface area contributed by atoms with E-state index in [1.807, 2.05) is 0 Å². The second kappa shape index (κ2) is 9.19. The van der Waals surface area contributed by atoms with Gasteiger partial charge >= 0.3 is 6.03 Å². The van der Waals surface area contributed by atoms with Crippen molar-refractivity contribution in [2.24, 2.45) is 5.92 Å². The molecular formula is C19H23ClN4O2S. The van der Waals surface area contributed by atoms with Gasteiger partial charge in [0.25, 0.3) is 5.91 Å². The van der Waals surface area contributed by atoms with Gasteiger partial charge in [-0.15, -0.1) is 0 Å². The molecule has 2 aromatic rings. The minimum Gasteiger partial charge on any atom is -0.351 e. The number of carbonyl (C=O) groups is 2. The molecule has 144 valence electrons. The molecule has 1 fully saturated rings. The van der Waals surface area contributed by atoms with E-state index in [1.165, 1.54) is 43.4 Å². The molecule has 0 saturated heterocycles. The Bertz CT molecular complexity index is 801. The predicted molar refractivity (Wildman–Crippen MR) is 110 cm³/mol. The number of rotatable bonds is 5. The van der Waals surface area contributed by atoms with Gasteiger partial charge in [-0.05, 0) is 49.9 Å². The molecule has 0 aliphatic heterocycles. The fourth-order valence-corrected chi connectivity index (χ4v) is 4.17. The lowest BCUT2D eigenvalue weighted by atomic mass is 9.89. The first-order valence-corrected chi connectivity index (χ1v) is 10.3. The summed E-state index contributed by atoms with van der Waals surface area (Å²) in [5.74, 6) is 0.445. The van der Waals surface area contributed by atoms with E-state index < -0.39 is 6.03 Å². The number of aryl methyl sites for hydroxylation is 1. The zero-order valence-corrected chi connectivity index (χ0v) is 16.8. The molecule has 0 spiro atoms. The molecule has 3 amide bonds. The Hall–Kier alpha value is -2.12. The van der Waals surface area contributed by atoms with Crippen molar-refractivity contribution in [3.8, 4) is 0 Å². The zero-order chi connectivity index (χ0) is 19.2. The first-order chi connectivity index (χ1) is 13.0. The lowest BCUT2D eigenvalue weighted by Gasteiger charge is -2.21. The van der Waals surface area contributed by atoms with Crippen LogP contribution in [0.15, 0.2) is 24.3 Å². The molecular weight excluding hydrogens is 384 g/mol. The van der Waals surface area contributed by atoms with Gasteiger partial charge < -0.3 is 10.6 Å². The molecule has 0 radical (unpaired) electrons. The Morgan fingerprint density at radius 3 is 2.56 bits per heavy atom. The molecule has 0 unspecified atom stereocenters. The fraction of sp³-hybridized carbons (Fsp3) is 0.421. The SMILES string of the molecule is Cc1nc(NC(=O)Nc2ccc(Cl)cc2)sc1C(=O)NCC1CCCCC1. The lowest BCUT2D eigenvalue weighted by Crippen LogP contribution is -2.30. The van der Waals surface area contributed by atoms with Crippen LogP contribution in [-0.4, -0.2) is 23.5 Å². The van der Waals surface area contributed by atoms with Crippen LogP contribution in [0.25, 0.3) is 0 Å². The summed E-state index contributed by atoms with van der Waals surface area (Å²) in [6.45, 7) is 2.48. The molecule has 3 rings (SSSR count). The number of benzene rings is 1. The van der Waals surface area contributed by atoms with E-state index in [-0.39, 0.29) is 5.91 Å². The van der Waals surface area contributed by atoms with Gasteiger partial charge in [0, 0.05) is 17.3 Å². The molecule has 1 aromatic carbocycles. The van der Waals surface area contributed by atoms with Crippen molar-refractivity contribution < 1.29 is 9.59 Å². The highest BCUT2D eigenvalue weighted by atomic mass is 35.5. The molecule has 1 heterocycles. The van der Waals surface area contributed by atoms with E-state index in [2.05, 4.69) is 20.9 Å². The van der Waals surface area contributed by atoms with Gasteiger partial charge in [0.05, 0.1) is 5.69 Å². The maximum Gasteiger partial charge on any atom is 0.325 e. The van der Waals surface area contributed by atoms with E-state index in [0.29, 0.717) is 38.9 Å². The smallest absolute Gasteiger partial charge is 0.325 e. The van der Waals surface area contributed by atoms with Crippen molar-refractivity contribution in [3.63, 3.8) is 0 Å². The summed E-state index contributed by atoms with van der Waals surface area (Å²) in [6.07, 6.45) is 6.15. The van der Waals surface area contributed by atoms with Crippen LogP contribution in [0.1, 0.15) is 47.5 Å². The van der Waals surface area contributed by atoms with Crippen molar-refractivity contribution in [1.82, 2.24) is 10.3 Å². The van der Waals surface area contributed by atoms with Crippen LogP contribution in [0, 0.1) is 12.8 Å². The molecule has 6 nitrogen and oxygen atoms in total. The van der Waals surface area contributed by atoms with E-state index in [0.717, 1.165) is 0 Å². The molecule has 1 aromatic heterocycles. The van der Waals surface area contributed by atoms with Gasteiger partial charge in [-0.1, -0.05) is 42.2 Å². The number of hydrogen-bond acceptors (Lipinski definition) is 4. The summed E-state index contributed by atoms with van der Waals surface area (Å²) in [5.41, 5.74) is 1.23. The molecule has 1 saturated carbocycles. The Balaban J connectivity index is 1.54. The van der Waals surface area contributed by atoms with Crippen molar-refractivity contribution in [2.75, 3.05) is 17.2 Å². The summed E-state index contributed by atoms with van der Waals surface area (Å²) in [5, 5.41) is 9.37. The van der Waals surface area contributed by atoms with Crippen LogP contribution in [0.5, 0.6) is 0 Å². The highest BCUT2D eigenvalue weighted by Gasteiger charge is 2.19. The van der Waals surface area contributed by atoms with Crippen molar-refractivity contribution in [1.29, 1.82) is 0 Å². The third-order valence-electron chi connectivity index (χ3n) is 4.60. The van der Waals surface area contributed by atoms with E-state index >= 15 is 0 Å². The number of aromatic nitrogens is 1. The standard InChI is InChI=1S/C19H23ClN4O2S/c1-12-16(17(25)21-11-13-5-3-2-4-6-13)27-19(22-12)24-18(26)23-15-9-7-14(20)8-10-15/h7-10,13H,2-6,11H2,1H3,(H,21,25)(H2,22,23,24,26). The lowest BCUT2D eigenvalue weighted by molar-refractivity contribution is 0.0947. The second-order valence-corrected chi connectivity index (χ2v) is 8.17. The van der Waals surface area contributed by atoms with Crippen LogP contribution in [0.3, 0.4) is 0 Å². The number of anilines is 2. The topological polar surface area (TPSA) is 83.1 Å². The number of urea groups is 1. The van der Waals surface area contributed by atoms with E-state index in [1.54, 1.807) is 31.2 Å². The third kappa shape index (κ3) is 5.68. The first-order valence-electron chi connectivity index (χ1n) is 9.10. The summed E-state index contributed by atoms with van der Waals surface area (Å²) in [6, 6.07) is 6.39. The Kier molecular flexibility index (Phi) is 6.68. The van der Waals surface area contributed by atoms with Gasteiger partial charge in [-0.2, -0.15) is 0 Å². The van der Waals surface area contributed by atoms with Gasteiger partial charge in [0.15, 0.2) is 5.13 Å². The molecule has 3 N–H and O–H groups in total. The Morgan fingerprint density at radius 1 is 1.15 bits per heavy atom. The number of carbonyl (C=O) groups excluding carboxylic acids is 2. The van der Waals surface area contributed by atoms with Gasteiger partial charge in [0.2, 0.25) is 0 Å². The average Bonchev–Trinajstić information content (AvgIpc) is 3.02.